The Morgan fingerprint density at radius 1 is 1.15 bits per heavy atom. The van der Waals surface area contributed by atoms with Gasteiger partial charge in [0.05, 0.1) is 0 Å². The second kappa shape index (κ2) is 4.97. The monoisotopic (exact) mass is 186 g/mol. The topological polar surface area (TPSA) is 40.5 Å². The molecular formula is C11H22O2. The molecule has 0 amide bonds. The zero-order chi connectivity index (χ0) is 9.84. The molecule has 1 aliphatic carbocycles. The molecule has 2 N–H and O–H groups in total. The van der Waals surface area contributed by atoms with E-state index in [1.807, 2.05) is 0 Å². The van der Waals surface area contributed by atoms with Crippen molar-refractivity contribution in [1.82, 2.24) is 0 Å². The summed E-state index contributed by atoms with van der Waals surface area (Å²) < 4.78 is 0. The summed E-state index contributed by atoms with van der Waals surface area (Å²) in [7, 11) is 0. The molecule has 0 bridgehead atoms. The molecule has 78 valence electrons. The number of hydrogen-bond acceptors (Lipinski definition) is 2. The first-order valence-electron chi connectivity index (χ1n) is 5.46. The van der Waals surface area contributed by atoms with E-state index in [0.717, 1.165) is 0 Å². The van der Waals surface area contributed by atoms with E-state index in [1.165, 1.54) is 19.3 Å². The number of rotatable bonds is 4. The molecule has 1 aliphatic rings. The van der Waals surface area contributed by atoms with Gasteiger partial charge in [0.1, 0.15) is 0 Å². The Labute approximate surface area is 81.0 Å². The summed E-state index contributed by atoms with van der Waals surface area (Å²) >= 11 is 0. The van der Waals surface area contributed by atoms with E-state index in [9.17, 15) is 10.2 Å². The molecule has 0 aromatic heterocycles. The van der Waals surface area contributed by atoms with Gasteiger partial charge in [-0.2, -0.15) is 0 Å². The van der Waals surface area contributed by atoms with Crippen LogP contribution in [0.5, 0.6) is 0 Å². The van der Waals surface area contributed by atoms with E-state index in [-0.39, 0.29) is 13.2 Å². The molecule has 0 spiro atoms. The molecule has 0 heterocycles. The molecule has 0 aliphatic heterocycles. The van der Waals surface area contributed by atoms with Crippen LogP contribution in [0.2, 0.25) is 0 Å². The van der Waals surface area contributed by atoms with E-state index in [2.05, 4.69) is 13.8 Å². The van der Waals surface area contributed by atoms with Crippen molar-refractivity contribution in [2.75, 3.05) is 13.2 Å². The van der Waals surface area contributed by atoms with Crippen LogP contribution in [0, 0.1) is 23.7 Å². The Hall–Kier alpha value is -0.0800. The van der Waals surface area contributed by atoms with Crippen LogP contribution >= 0.6 is 0 Å². The van der Waals surface area contributed by atoms with Crippen molar-refractivity contribution >= 4 is 0 Å². The third kappa shape index (κ3) is 2.23. The van der Waals surface area contributed by atoms with Gasteiger partial charge in [-0.05, 0) is 30.1 Å². The van der Waals surface area contributed by atoms with Crippen molar-refractivity contribution < 1.29 is 10.2 Å². The van der Waals surface area contributed by atoms with Gasteiger partial charge >= 0.3 is 0 Å². The third-order valence-corrected chi connectivity index (χ3v) is 3.64. The molecule has 13 heavy (non-hydrogen) atoms. The SMILES string of the molecule is CCCC1CC(C)C(CO)C1CO. The van der Waals surface area contributed by atoms with Crippen LogP contribution in [0.15, 0.2) is 0 Å². The predicted octanol–water partition coefficient (Wildman–Crippen LogP) is 1.66. The first kappa shape index (κ1) is 11.0. The fourth-order valence-corrected chi connectivity index (χ4v) is 2.90. The van der Waals surface area contributed by atoms with Gasteiger partial charge in [0.15, 0.2) is 0 Å². The molecule has 1 fully saturated rings. The number of hydrogen-bond donors (Lipinski definition) is 2. The highest BCUT2D eigenvalue weighted by molar-refractivity contribution is 4.88. The normalized spacial score (nSPS) is 39.7. The second-order valence-corrected chi connectivity index (χ2v) is 4.45. The second-order valence-electron chi connectivity index (χ2n) is 4.45. The van der Waals surface area contributed by atoms with Gasteiger partial charge in [0, 0.05) is 13.2 Å². The molecule has 0 radical (unpaired) electrons. The predicted molar refractivity (Wildman–Crippen MR) is 53.3 cm³/mol. The molecule has 0 aromatic rings. The zero-order valence-corrected chi connectivity index (χ0v) is 8.74. The Balaban J connectivity index is 2.57. The largest absolute Gasteiger partial charge is 0.396 e. The van der Waals surface area contributed by atoms with Crippen LogP contribution in [0.1, 0.15) is 33.1 Å². The fourth-order valence-electron chi connectivity index (χ4n) is 2.90. The van der Waals surface area contributed by atoms with E-state index < -0.39 is 0 Å². The summed E-state index contributed by atoms with van der Waals surface area (Å²) in [5.41, 5.74) is 0. The van der Waals surface area contributed by atoms with Crippen molar-refractivity contribution in [3.8, 4) is 0 Å². The summed E-state index contributed by atoms with van der Waals surface area (Å²) in [6, 6.07) is 0. The van der Waals surface area contributed by atoms with E-state index in [1.54, 1.807) is 0 Å². The lowest BCUT2D eigenvalue weighted by molar-refractivity contribution is 0.103. The average molecular weight is 186 g/mol. The van der Waals surface area contributed by atoms with E-state index in [4.69, 9.17) is 0 Å². The Bertz CT molecular complexity index is 147. The lowest BCUT2D eigenvalue weighted by atomic mass is 9.87. The molecule has 2 heteroatoms. The standard InChI is InChI=1S/C11H22O2/c1-3-4-9-5-8(2)10(6-12)11(9)7-13/h8-13H,3-7H2,1-2H3. The number of aliphatic hydroxyl groups is 2. The Kier molecular flexibility index (Phi) is 4.20. The summed E-state index contributed by atoms with van der Waals surface area (Å²) in [6.07, 6.45) is 3.57. The van der Waals surface area contributed by atoms with Gasteiger partial charge in [-0.1, -0.05) is 26.7 Å². The Morgan fingerprint density at radius 2 is 1.77 bits per heavy atom. The van der Waals surface area contributed by atoms with Gasteiger partial charge in [-0.25, -0.2) is 0 Å². The Morgan fingerprint density at radius 3 is 2.23 bits per heavy atom. The average Bonchev–Trinajstić information content (AvgIpc) is 2.41. The van der Waals surface area contributed by atoms with Crippen LogP contribution in [-0.4, -0.2) is 23.4 Å². The summed E-state index contributed by atoms with van der Waals surface area (Å²) in [6.45, 7) is 4.87. The molecule has 1 rings (SSSR count). The third-order valence-electron chi connectivity index (χ3n) is 3.64. The maximum absolute atomic E-state index is 9.27. The van der Waals surface area contributed by atoms with Gasteiger partial charge in [-0.15, -0.1) is 0 Å². The van der Waals surface area contributed by atoms with Gasteiger partial charge in [0.2, 0.25) is 0 Å². The maximum Gasteiger partial charge on any atom is 0.0465 e. The van der Waals surface area contributed by atoms with Gasteiger partial charge < -0.3 is 10.2 Å². The summed E-state index contributed by atoms with van der Waals surface area (Å²) in [5.74, 6) is 1.90. The first-order chi connectivity index (χ1) is 6.24. The molecule has 0 aromatic carbocycles. The smallest absolute Gasteiger partial charge is 0.0465 e. The minimum absolute atomic E-state index is 0.243. The lowest BCUT2D eigenvalue weighted by Gasteiger charge is -2.21. The van der Waals surface area contributed by atoms with Gasteiger partial charge in [-0.3, -0.25) is 0 Å². The van der Waals surface area contributed by atoms with Crippen LogP contribution < -0.4 is 0 Å². The summed E-state index contributed by atoms with van der Waals surface area (Å²) in [5, 5.41) is 18.5. The zero-order valence-electron chi connectivity index (χ0n) is 8.74. The molecule has 2 nitrogen and oxygen atoms in total. The van der Waals surface area contributed by atoms with Crippen LogP contribution in [-0.2, 0) is 0 Å². The van der Waals surface area contributed by atoms with Crippen LogP contribution in [0.25, 0.3) is 0 Å². The highest BCUT2D eigenvalue weighted by atomic mass is 16.3. The van der Waals surface area contributed by atoms with Gasteiger partial charge in [0.25, 0.3) is 0 Å². The lowest BCUT2D eigenvalue weighted by Crippen LogP contribution is -2.23. The van der Waals surface area contributed by atoms with Crippen molar-refractivity contribution in [3.05, 3.63) is 0 Å². The quantitative estimate of drug-likeness (QED) is 0.701. The summed E-state index contributed by atoms with van der Waals surface area (Å²) in [4.78, 5) is 0. The molecule has 4 atom stereocenters. The minimum atomic E-state index is 0.243. The van der Waals surface area contributed by atoms with E-state index in [0.29, 0.717) is 23.7 Å². The minimum Gasteiger partial charge on any atom is -0.396 e. The molecular weight excluding hydrogens is 164 g/mol. The molecule has 4 unspecified atom stereocenters. The first-order valence-corrected chi connectivity index (χ1v) is 5.46. The maximum atomic E-state index is 9.27. The highest BCUT2D eigenvalue weighted by Gasteiger charge is 2.39. The molecule has 1 saturated carbocycles. The van der Waals surface area contributed by atoms with Crippen molar-refractivity contribution in [3.63, 3.8) is 0 Å². The number of aliphatic hydroxyl groups excluding tert-OH is 2. The highest BCUT2D eigenvalue weighted by Crippen LogP contribution is 2.42. The van der Waals surface area contributed by atoms with Crippen LogP contribution in [0.3, 0.4) is 0 Å². The van der Waals surface area contributed by atoms with Crippen molar-refractivity contribution in [2.45, 2.75) is 33.1 Å². The van der Waals surface area contributed by atoms with E-state index >= 15 is 0 Å². The fraction of sp³-hybridized carbons (Fsp3) is 1.00. The van der Waals surface area contributed by atoms with Crippen LogP contribution in [0.4, 0.5) is 0 Å². The van der Waals surface area contributed by atoms with Crippen molar-refractivity contribution in [1.29, 1.82) is 0 Å². The van der Waals surface area contributed by atoms with Crippen molar-refractivity contribution in [2.24, 2.45) is 23.7 Å². The molecule has 0 saturated heterocycles.